The summed E-state index contributed by atoms with van der Waals surface area (Å²) in [6.07, 6.45) is -0.0920. The molecule has 1 aliphatic rings. The molecule has 0 radical (unpaired) electrons. The minimum absolute atomic E-state index is 0.0254. The van der Waals surface area contributed by atoms with Crippen LogP contribution in [0.15, 0.2) is 23.7 Å². The van der Waals surface area contributed by atoms with E-state index in [0.717, 1.165) is 17.8 Å². The molecule has 3 rings (SSSR count). The lowest BCUT2D eigenvalue weighted by atomic mass is 9.97. The molecule has 1 N–H and O–H groups in total. The number of methoxy groups -OCH3 is 1. The molecular formula is C16H22F3N5O5S. The zero-order valence-corrected chi connectivity index (χ0v) is 17.3. The van der Waals surface area contributed by atoms with E-state index in [9.17, 15) is 21.6 Å². The number of alkyl halides is 3. The fraction of sp³-hybridized carbons (Fsp3) is 0.562. The van der Waals surface area contributed by atoms with Gasteiger partial charge in [0.1, 0.15) is 0 Å². The number of carbonyl (C=O) groups is 1. The predicted molar refractivity (Wildman–Crippen MR) is 97.0 cm³/mol. The van der Waals surface area contributed by atoms with Crippen molar-refractivity contribution >= 4 is 16.0 Å². The van der Waals surface area contributed by atoms with E-state index >= 15 is 0 Å². The molecule has 2 aromatic heterocycles. The molecule has 168 valence electrons. The van der Waals surface area contributed by atoms with Crippen molar-refractivity contribution in [1.82, 2.24) is 23.6 Å². The largest absolute Gasteiger partial charge is 0.490 e. The van der Waals surface area contributed by atoms with E-state index in [4.69, 9.17) is 14.6 Å². The monoisotopic (exact) mass is 453 g/mol. The number of nitrogens with zero attached hydrogens (tertiary/aromatic N) is 5. The van der Waals surface area contributed by atoms with Gasteiger partial charge in [0.25, 0.3) is 10.0 Å². The van der Waals surface area contributed by atoms with Gasteiger partial charge in [-0.3, -0.25) is 4.68 Å². The Bertz CT molecular complexity index is 986. The molecule has 0 saturated carbocycles. The van der Waals surface area contributed by atoms with Gasteiger partial charge in [-0.25, -0.2) is 18.2 Å². The normalized spacial score (nSPS) is 17.2. The SMILES string of the molecule is CCn1cc2c(n1)CN(S(=O)(=O)c1cn(C)cn1)CC2COC.O=C(O)C(F)(F)F. The minimum atomic E-state index is -5.08. The molecule has 0 bridgehead atoms. The number of sulfonamides is 1. The molecule has 3 heterocycles. The summed E-state index contributed by atoms with van der Waals surface area (Å²) in [6.45, 7) is 3.85. The number of hydrogen-bond acceptors (Lipinski definition) is 6. The Hall–Kier alpha value is -2.45. The van der Waals surface area contributed by atoms with E-state index in [1.54, 1.807) is 18.7 Å². The number of hydrogen-bond donors (Lipinski definition) is 1. The average molecular weight is 453 g/mol. The third-order valence-electron chi connectivity index (χ3n) is 4.28. The van der Waals surface area contributed by atoms with Crippen molar-refractivity contribution in [3.63, 3.8) is 0 Å². The highest BCUT2D eigenvalue weighted by atomic mass is 32.2. The quantitative estimate of drug-likeness (QED) is 0.723. The maximum atomic E-state index is 12.8. The van der Waals surface area contributed by atoms with Crippen LogP contribution in [-0.4, -0.2) is 69.6 Å². The van der Waals surface area contributed by atoms with Crippen molar-refractivity contribution in [1.29, 1.82) is 0 Å². The highest BCUT2D eigenvalue weighted by molar-refractivity contribution is 7.89. The third-order valence-corrected chi connectivity index (χ3v) is 5.98. The third kappa shape index (κ3) is 5.37. The van der Waals surface area contributed by atoms with Gasteiger partial charge in [-0.1, -0.05) is 0 Å². The standard InChI is InChI=1S/C14H21N5O3S.C2HF3O2/c1-4-18-6-12-11(9-22-3)5-19(7-13(12)16-18)23(20,21)14-8-17(2)10-15-14;3-2(4,5)1(6)7/h6,8,10-11H,4-5,7,9H2,1-3H3;(H,6,7). The maximum absolute atomic E-state index is 12.8. The lowest BCUT2D eigenvalue weighted by molar-refractivity contribution is -0.192. The number of fused-ring (bicyclic) bond motifs is 1. The molecule has 0 aliphatic carbocycles. The molecule has 0 spiro atoms. The van der Waals surface area contributed by atoms with Crippen LogP contribution in [0, 0.1) is 0 Å². The summed E-state index contributed by atoms with van der Waals surface area (Å²) in [4.78, 5) is 12.9. The Balaban J connectivity index is 0.000000396. The van der Waals surface area contributed by atoms with Crippen LogP contribution >= 0.6 is 0 Å². The lowest BCUT2D eigenvalue weighted by Gasteiger charge is -2.30. The summed E-state index contributed by atoms with van der Waals surface area (Å²) in [5.74, 6) is -2.78. The van der Waals surface area contributed by atoms with Crippen molar-refractivity contribution in [2.45, 2.75) is 37.1 Å². The summed E-state index contributed by atoms with van der Waals surface area (Å²) >= 11 is 0. The molecule has 1 atom stereocenters. The molecule has 1 unspecified atom stereocenters. The lowest BCUT2D eigenvalue weighted by Crippen LogP contribution is -2.39. The molecule has 0 aromatic carbocycles. The van der Waals surface area contributed by atoms with E-state index in [1.165, 1.54) is 16.8 Å². The van der Waals surface area contributed by atoms with Crippen molar-refractivity contribution < 1.29 is 36.2 Å². The topological polar surface area (TPSA) is 120 Å². The molecule has 10 nitrogen and oxygen atoms in total. The van der Waals surface area contributed by atoms with E-state index in [1.807, 2.05) is 17.8 Å². The van der Waals surface area contributed by atoms with Crippen molar-refractivity contribution in [3.8, 4) is 0 Å². The highest BCUT2D eigenvalue weighted by Crippen LogP contribution is 2.31. The number of imidazole rings is 1. The van der Waals surface area contributed by atoms with Crippen LogP contribution in [0.1, 0.15) is 24.1 Å². The van der Waals surface area contributed by atoms with E-state index < -0.39 is 22.2 Å². The molecule has 30 heavy (non-hydrogen) atoms. The first-order valence-corrected chi connectivity index (χ1v) is 10.2. The van der Waals surface area contributed by atoms with Gasteiger partial charge in [0, 0.05) is 51.1 Å². The van der Waals surface area contributed by atoms with Crippen LogP contribution in [0.4, 0.5) is 13.2 Å². The summed E-state index contributed by atoms with van der Waals surface area (Å²) in [7, 11) is -0.268. The average Bonchev–Trinajstić information content (AvgIpc) is 3.28. The van der Waals surface area contributed by atoms with Gasteiger partial charge >= 0.3 is 12.1 Å². The molecule has 1 aliphatic heterocycles. The number of aryl methyl sites for hydroxylation is 2. The molecule has 14 heteroatoms. The number of halogens is 3. The first kappa shape index (κ1) is 23.8. The second-order valence-corrected chi connectivity index (χ2v) is 8.40. The predicted octanol–water partition coefficient (Wildman–Crippen LogP) is 1.20. The van der Waals surface area contributed by atoms with Crippen LogP contribution in [0.5, 0.6) is 0 Å². The van der Waals surface area contributed by atoms with Crippen LogP contribution in [0.2, 0.25) is 0 Å². The Morgan fingerprint density at radius 2 is 2.00 bits per heavy atom. The zero-order valence-electron chi connectivity index (χ0n) is 16.5. The van der Waals surface area contributed by atoms with Gasteiger partial charge in [-0.05, 0) is 6.92 Å². The number of rotatable bonds is 5. The number of carboxylic acids is 1. The van der Waals surface area contributed by atoms with Gasteiger partial charge in [0.15, 0.2) is 5.03 Å². The summed E-state index contributed by atoms with van der Waals surface area (Å²) in [6, 6.07) is 0. The van der Waals surface area contributed by atoms with Crippen molar-refractivity contribution in [3.05, 3.63) is 30.0 Å². The van der Waals surface area contributed by atoms with Gasteiger partial charge in [0.2, 0.25) is 0 Å². The Kier molecular flexibility index (Phi) is 7.26. The second-order valence-electron chi connectivity index (χ2n) is 6.52. The van der Waals surface area contributed by atoms with Crippen molar-refractivity contribution in [2.75, 3.05) is 20.3 Å². The smallest absolute Gasteiger partial charge is 0.475 e. The minimum Gasteiger partial charge on any atom is -0.475 e. The summed E-state index contributed by atoms with van der Waals surface area (Å²) in [5.41, 5.74) is 1.86. The zero-order chi connectivity index (χ0) is 22.7. The highest BCUT2D eigenvalue weighted by Gasteiger charge is 2.38. The van der Waals surface area contributed by atoms with Crippen LogP contribution in [0.3, 0.4) is 0 Å². The number of carboxylic acid groups (broad SMARTS) is 1. The fourth-order valence-corrected chi connectivity index (χ4v) is 4.27. The van der Waals surface area contributed by atoms with Crippen LogP contribution in [0.25, 0.3) is 0 Å². The second kappa shape index (κ2) is 9.14. The number of aliphatic carboxylic acids is 1. The van der Waals surface area contributed by atoms with Crippen molar-refractivity contribution in [2.24, 2.45) is 7.05 Å². The van der Waals surface area contributed by atoms with Gasteiger partial charge in [-0.15, -0.1) is 0 Å². The Labute approximate surface area is 170 Å². The van der Waals surface area contributed by atoms with Gasteiger partial charge in [-0.2, -0.15) is 22.6 Å². The van der Waals surface area contributed by atoms with Crippen LogP contribution in [-0.2, 0) is 39.7 Å². The van der Waals surface area contributed by atoms with Gasteiger partial charge < -0.3 is 14.4 Å². The van der Waals surface area contributed by atoms with E-state index in [-0.39, 0.29) is 17.5 Å². The molecule has 0 amide bonds. The van der Waals surface area contributed by atoms with Crippen LogP contribution < -0.4 is 0 Å². The maximum Gasteiger partial charge on any atom is 0.490 e. The summed E-state index contributed by atoms with van der Waals surface area (Å²) in [5, 5.41) is 11.7. The van der Waals surface area contributed by atoms with E-state index in [0.29, 0.717) is 13.2 Å². The molecular weight excluding hydrogens is 431 g/mol. The Morgan fingerprint density at radius 3 is 2.47 bits per heavy atom. The summed E-state index contributed by atoms with van der Waals surface area (Å²) < 4.78 is 67.5. The van der Waals surface area contributed by atoms with Gasteiger partial charge in [0.05, 0.1) is 25.2 Å². The number of aromatic nitrogens is 4. The molecule has 0 fully saturated rings. The first-order valence-electron chi connectivity index (χ1n) is 8.73. The Morgan fingerprint density at radius 1 is 1.37 bits per heavy atom. The number of ether oxygens (including phenoxy) is 1. The fourth-order valence-electron chi connectivity index (χ4n) is 2.86. The molecule has 2 aromatic rings. The first-order chi connectivity index (χ1) is 13.9. The molecule has 0 saturated heterocycles. The van der Waals surface area contributed by atoms with E-state index in [2.05, 4.69) is 10.1 Å².